The molecular formula is C14H26O2Si. The van der Waals surface area contributed by atoms with E-state index >= 15 is 0 Å². The molecule has 0 radical (unpaired) electrons. The van der Waals surface area contributed by atoms with Gasteiger partial charge in [-0.25, -0.2) is 0 Å². The molecule has 2 atom stereocenters. The second kappa shape index (κ2) is 6.39. The SMILES string of the molecule is C#C[C@@H](OCC=C)[C@H](C)O[Si](C)(C)C(C)(C)C. The fraction of sp³-hybridized carbons (Fsp3) is 0.714. The summed E-state index contributed by atoms with van der Waals surface area (Å²) in [5.74, 6) is 2.64. The molecule has 0 fully saturated rings. The molecule has 0 heterocycles. The van der Waals surface area contributed by atoms with Crippen LogP contribution in [0, 0.1) is 12.3 Å². The Morgan fingerprint density at radius 1 is 1.41 bits per heavy atom. The molecule has 0 N–H and O–H groups in total. The van der Waals surface area contributed by atoms with Gasteiger partial charge in [0.1, 0.15) is 6.10 Å². The number of terminal acetylenes is 1. The fourth-order valence-electron chi connectivity index (χ4n) is 1.19. The maximum Gasteiger partial charge on any atom is 0.192 e. The summed E-state index contributed by atoms with van der Waals surface area (Å²) in [6.07, 6.45) is 6.78. The van der Waals surface area contributed by atoms with Crippen molar-refractivity contribution in [2.45, 2.75) is 58.0 Å². The van der Waals surface area contributed by atoms with Crippen molar-refractivity contribution in [2.75, 3.05) is 6.61 Å². The summed E-state index contributed by atoms with van der Waals surface area (Å²) in [7, 11) is -1.79. The topological polar surface area (TPSA) is 18.5 Å². The molecule has 0 aliphatic heterocycles. The zero-order chi connectivity index (χ0) is 13.7. The minimum atomic E-state index is -1.79. The second-order valence-electron chi connectivity index (χ2n) is 5.79. The normalized spacial score (nSPS) is 16.1. The quantitative estimate of drug-likeness (QED) is 0.409. The predicted molar refractivity (Wildman–Crippen MR) is 76.5 cm³/mol. The van der Waals surface area contributed by atoms with Crippen LogP contribution in [-0.2, 0) is 9.16 Å². The summed E-state index contributed by atoms with van der Waals surface area (Å²) in [4.78, 5) is 0. The first-order valence-electron chi connectivity index (χ1n) is 6.02. The van der Waals surface area contributed by atoms with Gasteiger partial charge in [-0.3, -0.25) is 0 Å². The van der Waals surface area contributed by atoms with Crippen LogP contribution in [0.2, 0.25) is 18.1 Å². The highest BCUT2D eigenvalue weighted by Gasteiger charge is 2.39. The average Bonchev–Trinajstić information content (AvgIpc) is 2.16. The van der Waals surface area contributed by atoms with E-state index in [1.54, 1.807) is 6.08 Å². The third-order valence-corrected chi connectivity index (χ3v) is 7.84. The molecule has 98 valence electrons. The molecule has 2 nitrogen and oxygen atoms in total. The van der Waals surface area contributed by atoms with Gasteiger partial charge in [0.05, 0.1) is 12.7 Å². The molecule has 0 aromatic carbocycles. The van der Waals surface area contributed by atoms with E-state index in [0.29, 0.717) is 6.61 Å². The lowest BCUT2D eigenvalue weighted by molar-refractivity contribution is 0.0232. The lowest BCUT2D eigenvalue weighted by Gasteiger charge is -2.39. The van der Waals surface area contributed by atoms with E-state index in [2.05, 4.69) is 46.4 Å². The van der Waals surface area contributed by atoms with E-state index in [1.807, 2.05) is 6.92 Å². The van der Waals surface area contributed by atoms with Gasteiger partial charge in [0.2, 0.25) is 0 Å². The van der Waals surface area contributed by atoms with Crippen molar-refractivity contribution in [3.63, 3.8) is 0 Å². The van der Waals surface area contributed by atoms with Crippen LogP contribution in [0.3, 0.4) is 0 Å². The minimum Gasteiger partial charge on any atom is -0.411 e. The predicted octanol–water partition coefficient (Wildman–Crippen LogP) is 3.60. The lowest BCUT2D eigenvalue weighted by Crippen LogP contribution is -2.46. The summed E-state index contributed by atoms with van der Waals surface area (Å²) in [6.45, 7) is 17.1. The van der Waals surface area contributed by atoms with Crippen molar-refractivity contribution >= 4 is 8.32 Å². The van der Waals surface area contributed by atoms with E-state index in [1.165, 1.54) is 0 Å². The second-order valence-corrected chi connectivity index (χ2v) is 10.5. The Morgan fingerprint density at radius 2 is 1.94 bits per heavy atom. The van der Waals surface area contributed by atoms with Crippen molar-refractivity contribution in [3.05, 3.63) is 12.7 Å². The van der Waals surface area contributed by atoms with Gasteiger partial charge in [0.25, 0.3) is 0 Å². The van der Waals surface area contributed by atoms with E-state index in [4.69, 9.17) is 15.6 Å². The van der Waals surface area contributed by atoms with Crippen LogP contribution in [0.1, 0.15) is 27.7 Å². The maximum atomic E-state index is 6.19. The van der Waals surface area contributed by atoms with Crippen LogP contribution in [0.4, 0.5) is 0 Å². The molecule has 0 saturated heterocycles. The van der Waals surface area contributed by atoms with Gasteiger partial charge in [-0.2, -0.15) is 0 Å². The molecule has 0 aliphatic rings. The van der Waals surface area contributed by atoms with E-state index in [0.717, 1.165) is 0 Å². The molecular weight excluding hydrogens is 228 g/mol. The summed E-state index contributed by atoms with van der Waals surface area (Å²) >= 11 is 0. The van der Waals surface area contributed by atoms with Crippen molar-refractivity contribution in [1.82, 2.24) is 0 Å². The lowest BCUT2D eigenvalue weighted by atomic mass is 10.2. The van der Waals surface area contributed by atoms with E-state index < -0.39 is 8.32 Å². The molecule has 0 rings (SSSR count). The molecule has 0 spiro atoms. The van der Waals surface area contributed by atoms with Gasteiger partial charge in [-0.1, -0.05) is 32.8 Å². The van der Waals surface area contributed by atoms with Crippen LogP contribution < -0.4 is 0 Å². The van der Waals surface area contributed by atoms with Crippen LogP contribution in [0.25, 0.3) is 0 Å². The highest BCUT2D eigenvalue weighted by molar-refractivity contribution is 6.74. The van der Waals surface area contributed by atoms with Gasteiger partial charge >= 0.3 is 0 Å². The summed E-state index contributed by atoms with van der Waals surface area (Å²) in [5.41, 5.74) is 0. The highest BCUT2D eigenvalue weighted by atomic mass is 28.4. The molecule has 0 aromatic rings. The number of hydrogen-bond acceptors (Lipinski definition) is 2. The first-order valence-corrected chi connectivity index (χ1v) is 8.93. The van der Waals surface area contributed by atoms with Gasteiger partial charge < -0.3 is 9.16 Å². The molecule has 0 amide bonds. The number of rotatable bonds is 6. The fourth-order valence-corrected chi connectivity index (χ4v) is 2.60. The monoisotopic (exact) mass is 254 g/mol. The molecule has 0 unspecified atom stereocenters. The smallest absolute Gasteiger partial charge is 0.192 e. The largest absolute Gasteiger partial charge is 0.411 e. The van der Waals surface area contributed by atoms with Crippen molar-refractivity contribution in [3.8, 4) is 12.3 Å². The van der Waals surface area contributed by atoms with Crippen LogP contribution in [-0.4, -0.2) is 27.1 Å². The number of ether oxygens (including phenoxy) is 1. The Kier molecular flexibility index (Phi) is 6.18. The molecule has 0 aliphatic carbocycles. The Morgan fingerprint density at radius 3 is 2.29 bits per heavy atom. The molecule has 0 saturated carbocycles. The summed E-state index contributed by atoms with van der Waals surface area (Å²) in [6, 6.07) is 0. The third-order valence-electron chi connectivity index (χ3n) is 3.27. The number of hydrogen-bond donors (Lipinski definition) is 0. The first-order chi connectivity index (χ1) is 7.65. The first kappa shape index (κ1) is 16.4. The Balaban J connectivity index is 4.56. The van der Waals surface area contributed by atoms with Gasteiger partial charge in [0, 0.05) is 0 Å². The van der Waals surface area contributed by atoms with E-state index in [9.17, 15) is 0 Å². The molecule has 0 aromatic heterocycles. The van der Waals surface area contributed by atoms with Crippen molar-refractivity contribution in [2.24, 2.45) is 0 Å². The van der Waals surface area contributed by atoms with Crippen molar-refractivity contribution in [1.29, 1.82) is 0 Å². The maximum absolute atomic E-state index is 6.19. The Hall–Kier alpha value is -0.563. The molecule has 17 heavy (non-hydrogen) atoms. The van der Waals surface area contributed by atoms with Crippen LogP contribution >= 0.6 is 0 Å². The van der Waals surface area contributed by atoms with Crippen molar-refractivity contribution < 1.29 is 9.16 Å². The third kappa shape index (κ3) is 5.07. The standard InChI is InChI=1S/C14H26O2Si/c1-9-11-15-13(10-2)12(3)16-17(7,8)14(4,5)6/h2,9,12-13H,1,11H2,3-8H3/t12-,13+/m0/s1. The van der Waals surface area contributed by atoms with E-state index in [-0.39, 0.29) is 17.2 Å². The van der Waals surface area contributed by atoms with Gasteiger partial charge in [-0.05, 0) is 25.1 Å². The van der Waals surface area contributed by atoms with Crippen LogP contribution in [0.5, 0.6) is 0 Å². The summed E-state index contributed by atoms with van der Waals surface area (Å²) < 4.78 is 11.7. The van der Waals surface area contributed by atoms with Gasteiger partial charge in [-0.15, -0.1) is 13.0 Å². The van der Waals surface area contributed by atoms with Crippen LogP contribution in [0.15, 0.2) is 12.7 Å². The zero-order valence-electron chi connectivity index (χ0n) is 12.0. The zero-order valence-corrected chi connectivity index (χ0v) is 13.0. The average molecular weight is 254 g/mol. The van der Waals surface area contributed by atoms with Gasteiger partial charge in [0.15, 0.2) is 8.32 Å². The summed E-state index contributed by atoms with van der Waals surface area (Å²) in [5, 5.41) is 0.179. The Bertz CT molecular complexity index is 284. The molecule has 3 heteroatoms. The molecule has 0 bridgehead atoms. The highest BCUT2D eigenvalue weighted by Crippen LogP contribution is 2.37. The Labute approximate surface area is 108 Å². The minimum absolute atomic E-state index is 0.0826.